The van der Waals surface area contributed by atoms with Crippen molar-refractivity contribution in [3.8, 4) is 11.8 Å². The fourth-order valence-electron chi connectivity index (χ4n) is 2.50. The van der Waals surface area contributed by atoms with Gasteiger partial charge in [-0.1, -0.05) is 24.6 Å². The van der Waals surface area contributed by atoms with E-state index in [1.165, 1.54) is 6.07 Å². The van der Waals surface area contributed by atoms with Crippen LogP contribution in [-0.2, 0) is 13.0 Å². The molecule has 0 amide bonds. The molecule has 3 rings (SSSR count). The summed E-state index contributed by atoms with van der Waals surface area (Å²) in [5.41, 5.74) is 2.19. The number of rotatable bonds is 4. The standard InChI is InChI=1S/C19H14ClNO3/c1-2-13-7-18-16(9-17(13)20)14(8-19(22)24-18)11-23-15-5-3-4-12(6-15)10-21/h3-9H,2,11H2,1H3. The van der Waals surface area contributed by atoms with Crippen molar-refractivity contribution in [2.75, 3.05) is 0 Å². The fraction of sp³-hybridized carbons (Fsp3) is 0.158. The van der Waals surface area contributed by atoms with Gasteiger partial charge in [-0.3, -0.25) is 0 Å². The van der Waals surface area contributed by atoms with Crippen LogP contribution in [-0.4, -0.2) is 0 Å². The number of ether oxygens (including phenoxy) is 1. The Morgan fingerprint density at radius 2 is 2.04 bits per heavy atom. The van der Waals surface area contributed by atoms with Gasteiger partial charge in [-0.25, -0.2) is 4.79 Å². The molecule has 1 heterocycles. The number of aryl methyl sites for hydroxylation is 1. The molecule has 0 bridgehead atoms. The van der Waals surface area contributed by atoms with Gasteiger partial charge in [0.25, 0.3) is 0 Å². The molecule has 5 heteroatoms. The Hall–Kier alpha value is -2.77. The van der Waals surface area contributed by atoms with Gasteiger partial charge in [0, 0.05) is 22.0 Å². The fourth-order valence-corrected chi connectivity index (χ4v) is 2.79. The average Bonchev–Trinajstić information content (AvgIpc) is 2.59. The van der Waals surface area contributed by atoms with Crippen LogP contribution in [0.3, 0.4) is 0 Å². The van der Waals surface area contributed by atoms with E-state index in [9.17, 15) is 4.79 Å². The Kier molecular flexibility index (Phi) is 4.54. The van der Waals surface area contributed by atoms with Crippen molar-refractivity contribution >= 4 is 22.6 Å². The first-order valence-electron chi connectivity index (χ1n) is 7.49. The molecule has 0 saturated carbocycles. The molecule has 0 unspecified atom stereocenters. The molecular weight excluding hydrogens is 326 g/mol. The molecule has 4 nitrogen and oxygen atoms in total. The van der Waals surface area contributed by atoms with Crippen molar-refractivity contribution in [2.45, 2.75) is 20.0 Å². The number of hydrogen-bond donors (Lipinski definition) is 0. The van der Waals surface area contributed by atoms with E-state index in [-0.39, 0.29) is 6.61 Å². The summed E-state index contributed by atoms with van der Waals surface area (Å²) < 4.78 is 11.0. The van der Waals surface area contributed by atoms with E-state index in [0.29, 0.717) is 27.5 Å². The molecule has 0 fully saturated rings. The minimum absolute atomic E-state index is 0.179. The van der Waals surface area contributed by atoms with E-state index in [1.807, 2.05) is 6.92 Å². The maximum atomic E-state index is 11.8. The first kappa shape index (κ1) is 16.1. The topological polar surface area (TPSA) is 63.2 Å². The number of fused-ring (bicyclic) bond motifs is 1. The minimum atomic E-state index is -0.434. The molecule has 120 valence electrons. The number of nitriles is 1. The van der Waals surface area contributed by atoms with Gasteiger partial charge in [0.15, 0.2) is 0 Å². The van der Waals surface area contributed by atoms with Gasteiger partial charge in [0.2, 0.25) is 0 Å². The number of halogens is 1. The van der Waals surface area contributed by atoms with Crippen molar-refractivity contribution in [3.05, 3.63) is 74.6 Å². The third-order valence-corrected chi connectivity index (χ3v) is 4.09. The first-order chi connectivity index (χ1) is 11.6. The molecule has 0 saturated heterocycles. The molecule has 24 heavy (non-hydrogen) atoms. The van der Waals surface area contributed by atoms with Crippen LogP contribution in [0.4, 0.5) is 0 Å². The molecule has 0 aliphatic heterocycles. The molecule has 0 radical (unpaired) electrons. The van der Waals surface area contributed by atoms with E-state index in [0.717, 1.165) is 17.4 Å². The molecule has 0 spiro atoms. The van der Waals surface area contributed by atoms with Gasteiger partial charge in [0.05, 0.1) is 11.6 Å². The maximum absolute atomic E-state index is 11.8. The minimum Gasteiger partial charge on any atom is -0.489 e. The van der Waals surface area contributed by atoms with E-state index in [2.05, 4.69) is 6.07 Å². The van der Waals surface area contributed by atoms with Crippen molar-refractivity contribution in [1.29, 1.82) is 5.26 Å². The highest BCUT2D eigenvalue weighted by atomic mass is 35.5. The lowest BCUT2D eigenvalue weighted by molar-refractivity contribution is 0.306. The second kappa shape index (κ2) is 6.77. The molecule has 0 aliphatic rings. The summed E-state index contributed by atoms with van der Waals surface area (Å²) in [6, 6.07) is 13.9. The van der Waals surface area contributed by atoms with Crippen molar-refractivity contribution in [1.82, 2.24) is 0 Å². The Bertz CT molecular complexity index is 1000. The second-order valence-electron chi connectivity index (χ2n) is 5.31. The average molecular weight is 340 g/mol. The number of nitrogens with zero attached hydrogens (tertiary/aromatic N) is 1. The second-order valence-corrected chi connectivity index (χ2v) is 5.72. The van der Waals surface area contributed by atoms with Crippen molar-refractivity contribution in [3.63, 3.8) is 0 Å². The Balaban J connectivity index is 1.98. The molecular formula is C19H14ClNO3. The summed E-state index contributed by atoms with van der Waals surface area (Å²) in [5, 5.41) is 10.3. The molecule has 3 aromatic rings. The first-order valence-corrected chi connectivity index (χ1v) is 7.86. The van der Waals surface area contributed by atoms with Gasteiger partial charge in [-0.2, -0.15) is 5.26 Å². The van der Waals surface area contributed by atoms with E-state index >= 15 is 0 Å². The summed E-state index contributed by atoms with van der Waals surface area (Å²) in [6.45, 7) is 2.17. The normalized spacial score (nSPS) is 10.5. The van der Waals surface area contributed by atoms with E-state index in [1.54, 1.807) is 36.4 Å². The van der Waals surface area contributed by atoms with Gasteiger partial charge in [-0.15, -0.1) is 0 Å². The summed E-state index contributed by atoms with van der Waals surface area (Å²) in [5.74, 6) is 0.562. The summed E-state index contributed by atoms with van der Waals surface area (Å²) in [6.07, 6.45) is 0.750. The molecule has 0 aliphatic carbocycles. The lowest BCUT2D eigenvalue weighted by atomic mass is 10.1. The lowest BCUT2D eigenvalue weighted by Gasteiger charge is -2.10. The van der Waals surface area contributed by atoms with Gasteiger partial charge in [-0.05, 0) is 42.3 Å². The predicted octanol–water partition coefficient (Wildman–Crippen LogP) is 4.46. The van der Waals surface area contributed by atoms with Crippen LogP contribution in [0.2, 0.25) is 5.02 Å². The van der Waals surface area contributed by atoms with Crippen LogP contribution in [0.1, 0.15) is 23.6 Å². The van der Waals surface area contributed by atoms with Crippen LogP contribution >= 0.6 is 11.6 Å². The monoisotopic (exact) mass is 339 g/mol. The highest BCUT2D eigenvalue weighted by Gasteiger charge is 2.10. The Morgan fingerprint density at radius 1 is 1.21 bits per heavy atom. The smallest absolute Gasteiger partial charge is 0.336 e. The van der Waals surface area contributed by atoms with Crippen LogP contribution in [0.5, 0.6) is 5.75 Å². The zero-order valence-corrected chi connectivity index (χ0v) is 13.8. The third kappa shape index (κ3) is 3.27. The Labute approximate surface area is 143 Å². The summed E-state index contributed by atoms with van der Waals surface area (Å²) >= 11 is 6.28. The summed E-state index contributed by atoms with van der Waals surface area (Å²) in [7, 11) is 0. The quantitative estimate of drug-likeness (QED) is 0.658. The van der Waals surface area contributed by atoms with Crippen LogP contribution in [0.15, 0.2) is 51.7 Å². The maximum Gasteiger partial charge on any atom is 0.336 e. The molecule has 0 N–H and O–H groups in total. The Morgan fingerprint density at radius 3 is 2.79 bits per heavy atom. The SMILES string of the molecule is CCc1cc2oc(=O)cc(COc3cccc(C#N)c3)c2cc1Cl. The highest BCUT2D eigenvalue weighted by Crippen LogP contribution is 2.27. The molecule has 1 aromatic heterocycles. The van der Waals surface area contributed by atoms with Crippen LogP contribution < -0.4 is 10.4 Å². The zero-order valence-electron chi connectivity index (χ0n) is 13.0. The van der Waals surface area contributed by atoms with Crippen molar-refractivity contribution in [2.24, 2.45) is 0 Å². The third-order valence-electron chi connectivity index (χ3n) is 3.74. The van der Waals surface area contributed by atoms with Crippen molar-refractivity contribution < 1.29 is 9.15 Å². The van der Waals surface area contributed by atoms with Gasteiger partial charge >= 0.3 is 5.63 Å². The molecule has 0 atom stereocenters. The van der Waals surface area contributed by atoms with E-state index < -0.39 is 5.63 Å². The highest BCUT2D eigenvalue weighted by molar-refractivity contribution is 6.32. The number of hydrogen-bond acceptors (Lipinski definition) is 4. The van der Waals surface area contributed by atoms with Crippen LogP contribution in [0.25, 0.3) is 11.0 Å². The summed E-state index contributed by atoms with van der Waals surface area (Å²) in [4.78, 5) is 11.8. The van der Waals surface area contributed by atoms with Gasteiger partial charge in [0.1, 0.15) is 17.9 Å². The molecule has 2 aromatic carbocycles. The largest absolute Gasteiger partial charge is 0.489 e. The van der Waals surface area contributed by atoms with E-state index in [4.69, 9.17) is 26.0 Å². The van der Waals surface area contributed by atoms with Gasteiger partial charge < -0.3 is 9.15 Å². The number of benzene rings is 2. The lowest BCUT2D eigenvalue weighted by Crippen LogP contribution is -2.04. The predicted molar refractivity (Wildman–Crippen MR) is 92.4 cm³/mol. The zero-order chi connectivity index (χ0) is 17.1. The van der Waals surface area contributed by atoms with Crippen LogP contribution in [0, 0.1) is 11.3 Å².